The van der Waals surface area contributed by atoms with E-state index >= 15 is 0 Å². The lowest BCUT2D eigenvalue weighted by atomic mass is 10.1. The third-order valence-corrected chi connectivity index (χ3v) is 10.9. The molecule has 0 radical (unpaired) electrons. The number of halogens is 1. The summed E-state index contributed by atoms with van der Waals surface area (Å²) in [5.74, 6) is -0.598. The third kappa shape index (κ3) is 5.24. The molecule has 2 aromatic carbocycles. The highest BCUT2D eigenvalue weighted by atomic mass is 35.5. The number of aromatic nitrogens is 1. The lowest BCUT2D eigenvalue weighted by Crippen LogP contribution is -2.62. The van der Waals surface area contributed by atoms with Crippen molar-refractivity contribution in [2.45, 2.75) is 23.9 Å². The molecule has 3 aromatic rings. The monoisotopic (exact) mass is 603 g/mol. The van der Waals surface area contributed by atoms with Gasteiger partial charge in [-0.05, 0) is 42.1 Å². The van der Waals surface area contributed by atoms with Crippen molar-refractivity contribution in [1.82, 2.24) is 24.0 Å². The van der Waals surface area contributed by atoms with E-state index in [2.05, 4.69) is 9.88 Å². The number of ether oxygens (including phenoxy) is 1. The number of piperazine rings is 1. The summed E-state index contributed by atoms with van der Waals surface area (Å²) in [6, 6.07) is 9.22. The maximum absolute atomic E-state index is 13.8. The highest BCUT2D eigenvalue weighted by molar-refractivity contribution is 7.89. The number of carbonyl (C=O) groups excluding carboxylic acids is 2. The Balaban J connectivity index is 1.29. The highest BCUT2D eigenvalue weighted by Crippen LogP contribution is 2.29. The van der Waals surface area contributed by atoms with E-state index in [1.807, 2.05) is 7.05 Å². The number of rotatable bonds is 4. The minimum Gasteiger partial charge on any atom is -0.378 e. The lowest BCUT2D eigenvalue weighted by molar-refractivity contribution is -0.141. The molecule has 1 unspecified atom stereocenters. The number of likely N-dealkylation sites (N-methyl/N-ethyl adjacent to an activating group) is 1. The average molecular weight is 604 g/mol. The standard InChI is InChI=1S/C27H30ClN5O5S2/c1-30-7-6-22-24(17-30)39-25(29-22)27(35)33-9-8-32(16-23(33)26(34)31-10-12-38-13-11-31)40(36,37)21-5-3-18-14-20(28)4-2-19(18)15-21/h2-5,14-15,23H,6-13,16-17H2,1H3. The van der Waals surface area contributed by atoms with Crippen LogP contribution in [0.15, 0.2) is 41.3 Å². The fourth-order valence-electron chi connectivity index (χ4n) is 5.47. The molecule has 212 valence electrons. The van der Waals surface area contributed by atoms with Crippen molar-refractivity contribution in [2.24, 2.45) is 0 Å². The molecular weight excluding hydrogens is 574 g/mol. The maximum atomic E-state index is 13.8. The molecule has 0 aliphatic carbocycles. The van der Waals surface area contributed by atoms with E-state index in [1.165, 1.54) is 20.5 Å². The third-order valence-electron chi connectivity index (χ3n) is 7.73. The number of hydrogen-bond acceptors (Lipinski definition) is 8. The Morgan fingerprint density at radius 2 is 1.77 bits per heavy atom. The SMILES string of the molecule is CN1CCc2nc(C(=O)N3CCN(S(=O)(=O)c4ccc5cc(Cl)ccc5c4)CC3C(=O)N3CCOCC3)sc2C1. The Kier molecular flexibility index (Phi) is 7.57. The lowest BCUT2D eigenvalue weighted by Gasteiger charge is -2.42. The molecule has 40 heavy (non-hydrogen) atoms. The Morgan fingerprint density at radius 3 is 2.58 bits per heavy atom. The van der Waals surface area contributed by atoms with Crippen LogP contribution >= 0.6 is 22.9 Å². The number of fused-ring (bicyclic) bond motifs is 2. The first-order chi connectivity index (χ1) is 19.2. The number of sulfonamides is 1. The van der Waals surface area contributed by atoms with Gasteiger partial charge in [-0.1, -0.05) is 23.7 Å². The summed E-state index contributed by atoms with van der Waals surface area (Å²) in [7, 11) is -1.90. The summed E-state index contributed by atoms with van der Waals surface area (Å²) >= 11 is 7.46. The minimum atomic E-state index is -3.93. The van der Waals surface area contributed by atoms with Crippen molar-refractivity contribution < 1.29 is 22.7 Å². The summed E-state index contributed by atoms with van der Waals surface area (Å²) in [5, 5.41) is 2.50. The van der Waals surface area contributed by atoms with E-state index in [4.69, 9.17) is 16.3 Å². The summed E-state index contributed by atoms with van der Waals surface area (Å²) in [4.78, 5) is 38.7. The second kappa shape index (κ2) is 11.0. The molecule has 0 bridgehead atoms. The highest BCUT2D eigenvalue weighted by Gasteiger charge is 2.43. The number of hydrogen-bond donors (Lipinski definition) is 0. The zero-order chi connectivity index (χ0) is 28.0. The average Bonchev–Trinajstić information content (AvgIpc) is 3.39. The van der Waals surface area contributed by atoms with Crippen LogP contribution in [0.3, 0.4) is 0 Å². The molecule has 0 saturated carbocycles. The molecule has 2 fully saturated rings. The summed E-state index contributed by atoms with van der Waals surface area (Å²) in [5.41, 5.74) is 0.932. The van der Waals surface area contributed by atoms with Gasteiger partial charge in [0.05, 0.1) is 23.8 Å². The van der Waals surface area contributed by atoms with Crippen molar-refractivity contribution in [3.05, 3.63) is 57.0 Å². The van der Waals surface area contributed by atoms with E-state index in [1.54, 1.807) is 41.3 Å². The minimum absolute atomic E-state index is 0.0768. The van der Waals surface area contributed by atoms with E-state index < -0.39 is 16.1 Å². The molecule has 4 heterocycles. The Labute approximate surface area is 242 Å². The van der Waals surface area contributed by atoms with E-state index in [0.29, 0.717) is 36.3 Å². The molecule has 2 saturated heterocycles. The number of nitrogens with zero attached hydrogens (tertiary/aromatic N) is 5. The summed E-state index contributed by atoms with van der Waals surface area (Å²) < 4.78 is 34.3. The Bertz CT molecular complexity index is 1570. The van der Waals surface area contributed by atoms with Crippen LogP contribution in [0.1, 0.15) is 20.4 Å². The van der Waals surface area contributed by atoms with Gasteiger partial charge in [0.1, 0.15) is 6.04 Å². The molecule has 2 amide bonds. The molecule has 0 N–H and O–H groups in total. The van der Waals surface area contributed by atoms with Crippen LogP contribution in [0, 0.1) is 0 Å². The second-order valence-corrected chi connectivity index (χ2v) is 13.8. The first-order valence-electron chi connectivity index (χ1n) is 13.2. The van der Waals surface area contributed by atoms with Gasteiger partial charge >= 0.3 is 0 Å². The number of amides is 2. The summed E-state index contributed by atoms with van der Waals surface area (Å²) in [6.45, 7) is 3.26. The van der Waals surface area contributed by atoms with Gasteiger partial charge < -0.3 is 19.4 Å². The van der Waals surface area contributed by atoms with Crippen LogP contribution in [-0.4, -0.2) is 110 Å². The van der Waals surface area contributed by atoms with Gasteiger partial charge in [-0.25, -0.2) is 13.4 Å². The Hall–Kier alpha value is -2.61. The first-order valence-corrected chi connectivity index (χ1v) is 15.9. The molecule has 1 aromatic heterocycles. The molecular formula is C27H30ClN5O5S2. The molecule has 0 spiro atoms. The maximum Gasteiger partial charge on any atom is 0.283 e. The van der Waals surface area contributed by atoms with Crippen molar-refractivity contribution in [2.75, 3.05) is 59.5 Å². The van der Waals surface area contributed by atoms with Crippen LogP contribution in [0.4, 0.5) is 0 Å². The quantitative estimate of drug-likeness (QED) is 0.451. The van der Waals surface area contributed by atoms with Crippen LogP contribution < -0.4 is 0 Å². The van der Waals surface area contributed by atoms with E-state index in [9.17, 15) is 18.0 Å². The molecule has 6 rings (SSSR count). The number of thiazole rings is 1. The predicted octanol–water partition coefficient (Wildman–Crippen LogP) is 2.31. The number of benzene rings is 2. The molecule has 1 atom stereocenters. The predicted molar refractivity (Wildman–Crippen MR) is 152 cm³/mol. The van der Waals surface area contributed by atoms with Crippen LogP contribution in [0.2, 0.25) is 5.02 Å². The normalized spacial score (nSPS) is 21.0. The van der Waals surface area contributed by atoms with Gasteiger partial charge in [0.25, 0.3) is 5.91 Å². The van der Waals surface area contributed by atoms with Crippen LogP contribution in [0.5, 0.6) is 0 Å². The Morgan fingerprint density at radius 1 is 1.02 bits per heavy atom. The van der Waals surface area contributed by atoms with Gasteiger partial charge in [-0.2, -0.15) is 4.31 Å². The van der Waals surface area contributed by atoms with Gasteiger partial charge in [-0.3, -0.25) is 9.59 Å². The second-order valence-electron chi connectivity index (χ2n) is 10.3. The van der Waals surface area contributed by atoms with Crippen molar-refractivity contribution in [3.63, 3.8) is 0 Å². The van der Waals surface area contributed by atoms with Gasteiger partial charge in [0, 0.05) is 62.1 Å². The van der Waals surface area contributed by atoms with E-state index in [0.717, 1.165) is 40.9 Å². The first kappa shape index (κ1) is 27.6. The molecule has 10 nitrogen and oxygen atoms in total. The molecule has 13 heteroatoms. The fraction of sp³-hybridized carbons (Fsp3) is 0.444. The van der Waals surface area contributed by atoms with Crippen molar-refractivity contribution in [1.29, 1.82) is 0 Å². The number of morpholine rings is 1. The largest absolute Gasteiger partial charge is 0.378 e. The van der Waals surface area contributed by atoms with Crippen molar-refractivity contribution in [3.8, 4) is 0 Å². The zero-order valence-corrected chi connectivity index (χ0v) is 24.5. The van der Waals surface area contributed by atoms with Gasteiger partial charge in [-0.15, -0.1) is 11.3 Å². The van der Waals surface area contributed by atoms with E-state index in [-0.39, 0.29) is 36.3 Å². The molecule has 3 aliphatic rings. The molecule has 3 aliphatic heterocycles. The van der Waals surface area contributed by atoms with Gasteiger partial charge in [0.2, 0.25) is 15.9 Å². The van der Waals surface area contributed by atoms with Crippen molar-refractivity contribution >= 4 is 55.5 Å². The van der Waals surface area contributed by atoms with Crippen LogP contribution in [-0.2, 0) is 32.5 Å². The topological polar surface area (TPSA) is 103 Å². The number of carbonyl (C=O) groups is 2. The van der Waals surface area contributed by atoms with Gasteiger partial charge in [0.15, 0.2) is 5.01 Å². The smallest absolute Gasteiger partial charge is 0.283 e. The summed E-state index contributed by atoms with van der Waals surface area (Å²) in [6.07, 6.45) is 0.774. The van der Waals surface area contributed by atoms with Crippen LogP contribution in [0.25, 0.3) is 10.8 Å². The fourth-order valence-corrected chi connectivity index (χ4v) is 8.27. The zero-order valence-electron chi connectivity index (χ0n) is 22.1.